The molecule has 1 heterocycles. The molecule has 1 fully saturated rings. The molecule has 0 radical (unpaired) electrons. The number of likely N-dealkylation sites (tertiary alicyclic amines) is 1. The zero-order valence-electron chi connectivity index (χ0n) is 14.0. The molecule has 2 amide bonds. The number of hydrogen-bond acceptors (Lipinski definition) is 3. The van der Waals surface area contributed by atoms with Crippen LogP contribution in [0.2, 0.25) is 0 Å². The number of alkyl carbamates (subject to hydrolysis) is 1. The summed E-state index contributed by atoms with van der Waals surface area (Å²) in [6, 6.07) is -0.511. The lowest BCUT2D eigenvalue weighted by Gasteiger charge is -2.34. The fraction of sp³-hybridized carbons (Fsp3) is 0.867. The smallest absolute Gasteiger partial charge is 0.407 e. The van der Waals surface area contributed by atoms with Crippen LogP contribution in [0, 0.1) is 5.92 Å². The fourth-order valence-electron chi connectivity index (χ4n) is 2.42. The highest BCUT2D eigenvalue weighted by atomic mass is 19.4. The second-order valence-electron chi connectivity index (χ2n) is 6.97. The predicted octanol–water partition coefficient (Wildman–Crippen LogP) is 3.09. The van der Waals surface area contributed by atoms with Crippen molar-refractivity contribution >= 4 is 12.0 Å². The Morgan fingerprint density at radius 2 is 1.91 bits per heavy atom. The van der Waals surface area contributed by atoms with E-state index in [0.717, 1.165) is 0 Å². The number of carbonyl (C=O) groups excluding carboxylic acids is 2. The van der Waals surface area contributed by atoms with Gasteiger partial charge in [0.2, 0.25) is 5.91 Å². The first-order valence-electron chi connectivity index (χ1n) is 7.72. The van der Waals surface area contributed by atoms with Crippen molar-refractivity contribution in [2.24, 2.45) is 5.92 Å². The molecule has 0 aliphatic carbocycles. The number of carbonyl (C=O) groups is 2. The van der Waals surface area contributed by atoms with Crippen LogP contribution in [0.15, 0.2) is 0 Å². The van der Waals surface area contributed by atoms with E-state index in [0.29, 0.717) is 13.0 Å². The average molecular weight is 338 g/mol. The van der Waals surface area contributed by atoms with Gasteiger partial charge in [-0.1, -0.05) is 0 Å². The first-order chi connectivity index (χ1) is 10.4. The summed E-state index contributed by atoms with van der Waals surface area (Å²) < 4.78 is 43.3. The van der Waals surface area contributed by atoms with Gasteiger partial charge in [-0.2, -0.15) is 13.2 Å². The summed E-state index contributed by atoms with van der Waals surface area (Å²) in [6.07, 6.45) is -4.59. The molecule has 1 aliphatic rings. The lowest BCUT2D eigenvalue weighted by molar-refractivity contribution is -0.188. The number of piperidine rings is 1. The molecule has 1 N–H and O–H groups in total. The monoisotopic (exact) mass is 338 g/mol. The van der Waals surface area contributed by atoms with Crippen molar-refractivity contribution in [1.29, 1.82) is 0 Å². The molecule has 5 nitrogen and oxygen atoms in total. The number of halogens is 3. The van der Waals surface area contributed by atoms with E-state index in [-0.39, 0.29) is 25.3 Å². The number of amides is 2. The van der Waals surface area contributed by atoms with Gasteiger partial charge >= 0.3 is 12.3 Å². The first kappa shape index (κ1) is 19.6. The van der Waals surface area contributed by atoms with Crippen LogP contribution in [0.4, 0.5) is 18.0 Å². The maximum Gasteiger partial charge on any atom is 0.407 e. The molecule has 1 aliphatic heterocycles. The number of hydrogen-bond donors (Lipinski definition) is 1. The van der Waals surface area contributed by atoms with E-state index < -0.39 is 29.8 Å². The second-order valence-corrected chi connectivity index (χ2v) is 6.97. The number of nitrogens with zero attached hydrogens (tertiary/aromatic N) is 1. The highest BCUT2D eigenvalue weighted by molar-refractivity contribution is 5.78. The van der Waals surface area contributed by atoms with Gasteiger partial charge in [-0.25, -0.2) is 4.79 Å². The number of nitrogens with one attached hydrogen (secondary N) is 1. The largest absolute Gasteiger partial charge is 0.444 e. The lowest BCUT2D eigenvalue weighted by Crippen LogP contribution is -2.47. The molecule has 0 aromatic carbocycles. The van der Waals surface area contributed by atoms with Crippen molar-refractivity contribution in [3.63, 3.8) is 0 Å². The van der Waals surface area contributed by atoms with E-state index in [4.69, 9.17) is 4.74 Å². The second kappa shape index (κ2) is 7.40. The third kappa shape index (κ3) is 7.09. The van der Waals surface area contributed by atoms with Gasteiger partial charge in [-0.15, -0.1) is 0 Å². The zero-order chi connectivity index (χ0) is 17.8. The molecule has 2 atom stereocenters. The van der Waals surface area contributed by atoms with E-state index in [1.807, 2.05) is 0 Å². The molecule has 0 spiro atoms. The van der Waals surface area contributed by atoms with Gasteiger partial charge < -0.3 is 15.0 Å². The highest BCUT2D eigenvalue weighted by Crippen LogP contribution is 2.33. The Hall–Kier alpha value is -1.47. The maximum absolute atomic E-state index is 12.8. The van der Waals surface area contributed by atoms with Crippen LogP contribution in [0.3, 0.4) is 0 Å². The quantitative estimate of drug-likeness (QED) is 0.860. The van der Waals surface area contributed by atoms with Gasteiger partial charge in [-0.3, -0.25) is 4.79 Å². The van der Waals surface area contributed by atoms with Crippen LogP contribution in [-0.4, -0.2) is 47.8 Å². The summed E-state index contributed by atoms with van der Waals surface area (Å²) in [6.45, 7) is 6.79. The summed E-state index contributed by atoms with van der Waals surface area (Å²) in [5.74, 6) is -1.85. The van der Waals surface area contributed by atoms with Crippen LogP contribution in [0.5, 0.6) is 0 Å². The molecule has 1 rings (SSSR count). The normalized spacial score (nSPS) is 20.8. The maximum atomic E-state index is 12.8. The predicted molar refractivity (Wildman–Crippen MR) is 78.8 cm³/mol. The fourth-order valence-corrected chi connectivity index (χ4v) is 2.42. The van der Waals surface area contributed by atoms with Crippen LogP contribution >= 0.6 is 0 Å². The van der Waals surface area contributed by atoms with Crippen molar-refractivity contribution in [3.05, 3.63) is 0 Å². The molecule has 2 unspecified atom stereocenters. The Morgan fingerprint density at radius 1 is 1.30 bits per heavy atom. The van der Waals surface area contributed by atoms with Crippen molar-refractivity contribution in [2.75, 3.05) is 13.1 Å². The molecule has 23 heavy (non-hydrogen) atoms. The minimum Gasteiger partial charge on any atom is -0.444 e. The van der Waals surface area contributed by atoms with E-state index in [9.17, 15) is 22.8 Å². The summed E-state index contributed by atoms with van der Waals surface area (Å²) in [5.41, 5.74) is -0.652. The van der Waals surface area contributed by atoms with Crippen molar-refractivity contribution in [1.82, 2.24) is 10.2 Å². The first-order valence-corrected chi connectivity index (χ1v) is 7.72. The molecule has 134 valence electrons. The van der Waals surface area contributed by atoms with Crippen molar-refractivity contribution < 1.29 is 27.5 Å². The van der Waals surface area contributed by atoms with Crippen LogP contribution in [-0.2, 0) is 9.53 Å². The lowest BCUT2D eigenvalue weighted by atomic mass is 9.97. The zero-order valence-corrected chi connectivity index (χ0v) is 14.0. The minimum atomic E-state index is -4.28. The molecule has 1 saturated heterocycles. The van der Waals surface area contributed by atoms with Crippen LogP contribution in [0.25, 0.3) is 0 Å². The summed E-state index contributed by atoms with van der Waals surface area (Å²) in [7, 11) is 0. The Morgan fingerprint density at radius 3 is 2.43 bits per heavy atom. The van der Waals surface area contributed by atoms with Crippen LogP contribution in [0.1, 0.15) is 47.0 Å². The van der Waals surface area contributed by atoms with E-state index in [2.05, 4.69) is 5.32 Å². The Bertz CT molecular complexity index is 433. The van der Waals surface area contributed by atoms with E-state index in [1.54, 1.807) is 27.7 Å². The number of rotatable bonds is 3. The summed E-state index contributed by atoms with van der Waals surface area (Å²) >= 11 is 0. The van der Waals surface area contributed by atoms with Crippen molar-refractivity contribution in [3.8, 4) is 0 Å². The van der Waals surface area contributed by atoms with E-state index >= 15 is 0 Å². The minimum absolute atomic E-state index is 0.0518. The molecule has 0 bridgehead atoms. The molecule has 0 aromatic heterocycles. The average Bonchev–Trinajstić information content (AvgIpc) is 2.35. The Labute approximate surface area is 134 Å². The van der Waals surface area contributed by atoms with Gasteiger partial charge in [0.25, 0.3) is 0 Å². The van der Waals surface area contributed by atoms with Gasteiger partial charge in [0.05, 0.1) is 5.92 Å². The van der Waals surface area contributed by atoms with Gasteiger partial charge in [0.15, 0.2) is 0 Å². The number of alkyl halides is 3. The van der Waals surface area contributed by atoms with Gasteiger partial charge in [0.1, 0.15) is 5.60 Å². The number of ether oxygens (including phenoxy) is 1. The summed E-state index contributed by atoms with van der Waals surface area (Å²) in [4.78, 5) is 24.9. The third-order valence-corrected chi connectivity index (χ3v) is 3.48. The third-order valence-electron chi connectivity index (χ3n) is 3.48. The Balaban J connectivity index is 2.47. The topological polar surface area (TPSA) is 58.6 Å². The molecule has 8 heteroatoms. The highest BCUT2D eigenvalue weighted by Gasteiger charge is 2.42. The molecule has 0 aromatic rings. The van der Waals surface area contributed by atoms with Gasteiger partial charge in [0, 0.05) is 25.6 Å². The molecule has 0 saturated carbocycles. The van der Waals surface area contributed by atoms with Crippen LogP contribution < -0.4 is 5.32 Å². The molecular formula is C15H25F3N2O3. The van der Waals surface area contributed by atoms with E-state index in [1.165, 1.54) is 4.90 Å². The van der Waals surface area contributed by atoms with Crippen molar-refractivity contribution in [2.45, 2.75) is 64.8 Å². The SMILES string of the molecule is CC(CC(=O)N1CCCC(C(F)(F)F)C1)NC(=O)OC(C)(C)C. The molecular weight excluding hydrogens is 313 g/mol. The Kier molecular flexibility index (Phi) is 6.30. The standard InChI is InChI=1S/C15H25F3N2O3/c1-10(19-13(22)23-14(2,3)4)8-12(21)20-7-5-6-11(9-20)15(16,17)18/h10-11H,5-9H2,1-4H3,(H,19,22). The summed E-state index contributed by atoms with van der Waals surface area (Å²) in [5, 5.41) is 2.52. The van der Waals surface area contributed by atoms with Gasteiger partial charge in [-0.05, 0) is 40.5 Å².